The van der Waals surface area contributed by atoms with E-state index in [1.165, 1.54) is 0 Å². The molecule has 106 valence electrons. The largest absolute Gasteiger partial charge is 0.493 e. The third-order valence-electron chi connectivity index (χ3n) is 2.89. The summed E-state index contributed by atoms with van der Waals surface area (Å²) in [6, 6.07) is 7.01. The minimum absolute atomic E-state index is 0.181. The van der Waals surface area contributed by atoms with E-state index in [4.69, 9.17) is 15.0 Å². The molecule has 2 rings (SSSR count). The van der Waals surface area contributed by atoms with E-state index >= 15 is 0 Å². The minimum Gasteiger partial charge on any atom is -0.493 e. The first-order valence-corrected chi connectivity index (χ1v) is 6.27. The summed E-state index contributed by atoms with van der Waals surface area (Å²) in [5, 5.41) is 6.43. The fourth-order valence-corrected chi connectivity index (χ4v) is 1.55. The van der Waals surface area contributed by atoms with Crippen LogP contribution in [0.5, 0.6) is 5.75 Å². The Balaban J connectivity index is 1.78. The number of nitrogens with two attached hydrogens (primary N) is 1. The monoisotopic (exact) mass is 275 g/mol. The molecule has 1 aromatic heterocycles. The lowest BCUT2D eigenvalue weighted by Crippen LogP contribution is -2.15. The molecule has 0 saturated heterocycles. The molecule has 0 fully saturated rings. The fourth-order valence-electron chi connectivity index (χ4n) is 1.55. The molecule has 0 aliphatic heterocycles. The summed E-state index contributed by atoms with van der Waals surface area (Å²) in [6.07, 6.45) is 0.226. The van der Waals surface area contributed by atoms with Gasteiger partial charge in [0, 0.05) is 11.3 Å². The first-order valence-electron chi connectivity index (χ1n) is 6.27. The van der Waals surface area contributed by atoms with E-state index in [-0.39, 0.29) is 18.9 Å². The summed E-state index contributed by atoms with van der Waals surface area (Å²) in [6.45, 7) is 3.94. The van der Waals surface area contributed by atoms with Crippen molar-refractivity contribution >= 4 is 17.5 Å². The highest BCUT2D eigenvalue weighted by Gasteiger charge is 2.11. The molecule has 0 aliphatic carbocycles. The molecule has 1 heterocycles. The van der Waals surface area contributed by atoms with E-state index in [9.17, 15) is 4.79 Å². The second-order valence-electron chi connectivity index (χ2n) is 4.44. The number of rotatable bonds is 5. The molecule has 0 saturated carbocycles. The molecule has 1 amide bonds. The van der Waals surface area contributed by atoms with Gasteiger partial charge in [0.15, 0.2) is 0 Å². The van der Waals surface area contributed by atoms with E-state index in [1.54, 1.807) is 24.3 Å². The maximum Gasteiger partial charge on any atom is 0.234 e. The number of aromatic nitrogens is 1. The molecule has 1 aromatic carbocycles. The maximum atomic E-state index is 11.7. The predicted molar refractivity (Wildman–Crippen MR) is 75.6 cm³/mol. The summed E-state index contributed by atoms with van der Waals surface area (Å²) >= 11 is 0. The van der Waals surface area contributed by atoms with Crippen LogP contribution < -0.4 is 15.8 Å². The van der Waals surface area contributed by atoms with Gasteiger partial charge in [-0.1, -0.05) is 5.16 Å². The van der Waals surface area contributed by atoms with Gasteiger partial charge in [-0.05, 0) is 38.1 Å². The Hall–Kier alpha value is -2.50. The van der Waals surface area contributed by atoms with Gasteiger partial charge in [0.05, 0.1) is 18.7 Å². The molecule has 0 aliphatic rings. The lowest BCUT2D eigenvalue weighted by Gasteiger charge is -2.06. The Labute approximate surface area is 116 Å². The molecule has 0 spiro atoms. The topological polar surface area (TPSA) is 90.4 Å². The number of hydrogen-bond acceptors (Lipinski definition) is 5. The maximum absolute atomic E-state index is 11.7. The second-order valence-corrected chi connectivity index (χ2v) is 4.44. The van der Waals surface area contributed by atoms with Crippen LogP contribution in [0.1, 0.15) is 17.7 Å². The summed E-state index contributed by atoms with van der Waals surface area (Å²) < 4.78 is 10.4. The van der Waals surface area contributed by atoms with Gasteiger partial charge in [0.1, 0.15) is 5.75 Å². The van der Waals surface area contributed by atoms with Gasteiger partial charge in [-0.3, -0.25) is 10.1 Å². The quantitative estimate of drug-likeness (QED) is 0.817. The molecule has 3 N–H and O–H groups in total. The van der Waals surface area contributed by atoms with E-state index < -0.39 is 0 Å². The van der Waals surface area contributed by atoms with Crippen LogP contribution in [0.4, 0.5) is 11.6 Å². The summed E-state index contributed by atoms with van der Waals surface area (Å²) in [4.78, 5) is 11.7. The summed E-state index contributed by atoms with van der Waals surface area (Å²) in [5.74, 6) is 0.887. The van der Waals surface area contributed by atoms with Crippen LogP contribution in [0.25, 0.3) is 0 Å². The van der Waals surface area contributed by atoms with Crippen LogP contribution in [0.3, 0.4) is 0 Å². The highest BCUT2D eigenvalue weighted by Crippen LogP contribution is 2.17. The van der Waals surface area contributed by atoms with Crippen molar-refractivity contribution in [3.05, 3.63) is 35.5 Å². The summed E-state index contributed by atoms with van der Waals surface area (Å²) in [7, 11) is 0. The molecule has 0 radical (unpaired) electrons. The molecule has 6 nitrogen and oxygen atoms in total. The second kappa shape index (κ2) is 6.10. The van der Waals surface area contributed by atoms with Gasteiger partial charge < -0.3 is 15.0 Å². The molecule has 6 heteroatoms. The lowest BCUT2D eigenvalue weighted by atomic mass is 10.3. The standard InChI is InChI=1S/C14H17N3O3/c1-9-10(2)17-20-14(9)16-13(18)7-8-19-12-5-3-11(15)4-6-12/h3-6H,7-8,15H2,1-2H3,(H,16,18). The van der Waals surface area contributed by atoms with Gasteiger partial charge in [-0.2, -0.15) is 0 Å². The van der Waals surface area contributed by atoms with Gasteiger partial charge >= 0.3 is 0 Å². The van der Waals surface area contributed by atoms with Gasteiger partial charge in [-0.25, -0.2) is 0 Å². The SMILES string of the molecule is Cc1noc(NC(=O)CCOc2ccc(N)cc2)c1C. The third-order valence-corrected chi connectivity index (χ3v) is 2.89. The fraction of sp³-hybridized carbons (Fsp3) is 0.286. The average molecular weight is 275 g/mol. The minimum atomic E-state index is -0.181. The number of benzene rings is 1. The third kappa shape index (κ3) is 3.50. The Kier molecular flexibility index (Phi) is 4.24. The lowest BCUT2D eigenvalue weighted by molar-refractivity contribution is -0.116. The Morgan fingerprint density at radius 2 is 2.05 bits per heavy atom. The highest BCUT2D eigenvalue weighted by molar-refractivity contribution is 5.90. The van der Waals surface area contributed by atoms with Crippen LogP contribution in [0.2, 0.25) is 0 Å². The zero-order chi connectivity index (χ0) is 14.5. The number of anilines is 2. The highest BCUT2D eigenvalue weighted by atomic mass is 16.5. The van der Waals surface area contributed by atoms with Crippen molar-refractivity contribution in [3.63, 3.8) is 0 Å². The van der Waals surface area contributed by atoms with E-state index in [2.05, 4.69) is 10.5 Å². The number of hydrogen-bond donors (Lipinski definition) is 2. The summed E-state index contributed by atoms with van der Waals surface area (Å²) in [5.41, 5.74) is 7.84. The van der Waals surface area contributed by atoms with Crippen molar-refractivity contribution in [2.75, 3.05) is 17.7 Å². The van der Waals surface area contributed by atoms with Crippen molar-refractivity contribution in [1.29, 1.82) is 0 Å². The first-order chi connectivity index (χ1) is 9.56. The van der Waals surface area contributed by atoms with Gasteiger partial charge in [0.2, 0.25) is 11.8 Å². The van der Waals surface area contributed by atoms with Crippen molar-refractivity contribution in [2.45, 2.75) is 20.3 Å². The molecule has 0 atom stereocenters. The number of carbonyl (C=O) groups is 1. The predicted octanol–water partition coefficient (Wildman–Crippen LogP) is 2.28. The van der Waals surface area contributed by atoms with Crippen LogP contribution in [0, 0.1) is 13.8 Å². The molecule has 20 heavy (non-hydrogen) atoms. The van der Waals surface area contributed by atoms with Crippen molar-refractivity contribution in [3.8, 4) is 5.75 Å². The first kappa shape index (κ1) is 13.9. The Morgan fingerprint density at radius 3 is 2.65 bits per heavy atom. The molecule has 0 bridgehead atoms. The van der Waals surface area contributed by atoms with Crippen LogP contribution >= 0.6 is 0 Å². The van der Waals surface area contributed by atoms with Crippen LogP contribution in [-0.2, 0) is 4.79 Å². The van der Waals surface area contributed by atoms with Gasteiger partial charge in [0.25, 0.3) is 0 Å². The van der Waals surface area contributed by atoms with Crippen molar-refractivity contribution < 1.29 is 14.1 Å². The van der Waals surface area contributed by atoms with Crippen molar-refractivity contribution in [1.82, 2.24) is 5.16 Å². The van der Waals surface area contributed by atoms with Crippen LogP contribution in [0.15, 0.2) is 28.8 Å². The number of nitrogen functional groups attached to an aromatic ring is 1. The van der Waals surface area contributed by atoms with Gasteiger partial charge in [-0.15, -0.1) is 0 Å². The number of aryl methyl sites for hydroxylation is 1. The molecule has 0 unspecified atom stereocenters. The Morgan fingerprint density at radius 1 is 1.35 bits per heavy atom. The number of ether oxygens (including phenoxy) is 1. The molecular formula is C14H17N3O3. The normalized spacial score (nSPS) is 10.3. The number of amides is 1. The van der Waals surface area contributed by atoms with E-state index in [0.717, 1.165) is 11.3 Å². The zero-order valence-corrected chi connectivity index (χ0v) is 11.5. The number of carbonyl (C=O) groups excluding carboxylic acids is 1. The van der Waals surface area contributed by atoms with Crippen molar-refractivity contribution in [2.24, 2.45) is 0 Å². The number of nitrogens with one attached hydrogen (secondary N) is 1. The Bertz CT molecular complexity index is 590. The van der Waals surface area contributed by atoms with E-state index in [0.29, 0.717) is 17.3 Å². The molecule has 2 aromatic rings. The average Bonchev–Trinajstić information content (AvgIpc) is 2.73. The molecular weight excluding hydrogens is 258 g/mol. The number of nitrogens with zero attached hydrogens (tertiary/aromatic N) is 1. The van der Waals surface area contributed by atoms with E-state index in [1.807, 2.05) is 13.8 Å². The smallest absolute Gasteiger partial charge is 0.234 e. The van der Waals surface area contributed by atoms with Crippen LogP contribution in [-0.4, -0.2) is 17.7 Å². The zero-order valence-electron chi connectivity index (χ0n) is 11.5.